The molecule has 0 amide bonds. The molecule has 3 rings (SSSR count). The fraction of sp³-hybridized carbons (Fsp3) is 0.250. The highest BCUT2D eigenvalue weighted by Gasteiger charge is 2.14. The van der Waals surface area contributed by atoms with Crippen LogP contribution in [0.3, 0.4) is 0 Å². The molecule has 0 saturated heterocycles. The van der Waals surface area contributed by atoms with Crippen molar-refractivity contribution in [3.8, 4) is 0 Å². The van der Waals surface area contributed by atoms with Crippen molar-refractivity contribution < 1.29 is 0 Å². The van der Waals surface area contributed by atoms with Crippen molar-refractivity contribution >= 4 is 10.8 Å². The predicted molar refractivity (Wildman–Crippen MR) is 69.7 cm³/mol. The van der Waals surface area contributed by atoms with Gasteiger partial charge in [-0.05, 0) is 41.5 Å². The molecule has 0 aromatic heterocycles. The van der Waals surface area contributed by atoms with E-state index in [1.165, 1.54) is 35.6 Å². The van der Waals surface area contributed by atoms with E-state index < -0.39 is 0 Å². The van der Waals surface area contributed by atoms with Crippen molar-refractivity contribution in [1.29, 1.82) is 0 Å². The van der Waals surface area contributed by atoms with Gasteiger partial charge < -0.3 is 0 Å². The lowest BCUT2D eigenvalue weighted by molar-refractivity contribution is 0.621. The van der Waals surface area contributed by atoms with Crippen LogP contribution in [-0.2, 0) is 0 Å². The van der Waals surface area contributed by atoms with E-state index in [0.29, 0.717) is 0 Å². The van der Waals surface area contributed by atoms with E-state index in [4.69, 9.17) is 0 Å². The molecule has 16 heavy (non-hydrogen) atoms. The average Bonchev–Trinajstić information content (AvgIpc) is 2.39. The summed E-state index contributed by atoms with van der Waals surface area (Å²) in [6.45, 7) is 0. The van der Waals surface area contributed by atoms with Crippen LogP contribution in [0.15, 0.2) is 54.6 Å². The molecule has 0 bridgehead atoms. The summed E-state index contributed by atoms with van der Waals surface area (Å²) in [5.74, 6) is 0.719. The predicted octanol–water partition coefficient (Wildman–Crippen LogP) is 4.66. The summed E-state index contributed by atoms with van der Waals surface area (Å²) in [6.07, 6.45) is 8.37. The molecule has 0 N–H and O–H groups in total. The molecule has 0 fully saturated rings. The Morgan fingerprint density at radius 3 is 2.62 bits per heavy atom. The van der Waals surface area contributed by atoms with Crippen LogP contribution >= 0.6 is 0 Å². The van der Waals surface area contributed by atoms with Crippen LogP contribution in [0.2, 0.25) is 0 Å². The van der Waals surface area contributed by atoms with Crippen LogP contribution in [0, 0.1) is 0 Å². The Labute approximate surface area is 96.6 Å². The minimum absolute atomic E-state index is 0.719. The summed E-state index contributed by atoms with van der Waals surface area (Å²) < 4.78 is 0. The highest BCUT2D eigenvalue weighted by Crippen LogP contribution is 2.33. The van der Waals surface area contributed by atoms with E-state index >= 15 is 0 Å². The van der Waals surface area contributed by atoms with Gasteiger partial charge in [0.2, 0.25) is 0 Å². The highest BCUT2D eigenvalue weighted by atomic mass is 14.2. The molecule has 0 radical (unpaired) electrons. The molecular weight excluding hydrogens is 192 g/mol. The molecule has 1 aliphatic carbocycles. The molecule has 0 spiro atoms. The first-order valence-corrected chi connectivity index (χ1v) is 6.08. The van der Waals surface area contributed by atoms with Crippen LogP contribution in [-0.4, -0.2) is 0 Å². The van der Waals surface area contributed by atoms with Crippen molar-refractivity contribution in [3.63, 3.8) is 0 Å². The van der Waals surface area contributed by atoms with Crippen molar-refractivity contribution in [1.82, 2.24) is 0 Å². The molecule has 1 unspecified atom stereocenters. The van der Waals surface area contributed by atoms with Gasteiger partial charge in [0.15, 0.2) is 0 Å². The molecule has 80 valence electrons. The molecule has 0 nitrogen and oxygen atoms in total. The monoisotopic (exact) mass is 208 g/mol. The largest absolute Gasteiger partial charge is 0.0885 e. The maximum Gasteiger partial charge on any atom is -0.0118 e. The lowest BCUT2D eigenvalue weighted by atomic mass is 9.85. The number of benzene rings is 2. The van der Waals surface area contributed by atoms with Crippen LogP contribution in [0.1, 0.15) is 30.7 Å². The zero-order chi connectivity index (χ0) is 10.8. The molecule has 0 heteroatoms. The van der Waals surface area contributed by atoms with Gasteiger partial charge in [-0.25, -0.2) is 0 Å². The third kappa shape index (κ3) is 1.65. The summed E-state index contributed by atoms with van der Waals surface area (Å²) >= 11 is 0. The Balaban J connectivity index is 2.12. The van der Waals surface area contributed by atoms with Crippen LogP contribution < -0.4 is 0 Å². The molecule has 2 aromatic rings. The molecule has 0 saturated carbocycles. The number of hydrogen-bond acceptors (Lipinski definition) is 0. The standard InChI is InChI=1S/C16H16/c1-2-7-13(8-3-1)16-12-6-10-14-9-4-5-11-15(14)16/h1-2,4-6,9-13H,3,7-8H2. The Bertz CT molecular complexity index is 517. The fourth-order valence-corrected chi connectivity index (χ4v) is 2.68. The van der Waals surface area contributed by atoms with Crippen LogP contribution in [0.25, 0.3) is 10.8 Å². The van der Waals surface area contributed by atoms with Gasteiger partial charge in [-0.3, -0.25) is 0 Å². The zero-order valence-electron chi connectivity index (χ0n) is 9.39. The average molecular weight is 208 g/mol. The van der Waals surface area contributed by atoms with Crippen molar-refractivity contribution in [2.24, 2.45) is 0 Å². The van der Waals surface area contributed by atoms with E-state index in [1.54, 1.807) is 0 Å². The summed E-state index contributed by atoms with van der Waals surface area (Å²) in [7, 11) is 0. The fourth-order valence-electron chi connectivity index (χ4n) is 2.68. The maximum atomic E-state index is 2.33. The Kier molecular flexibility index (Phi) is 2.49. The smallest absolute Gasteiger partial charge is 0.0118 e. The number of fused-ring (bicyclic) bond motifs is 1. The van der Waals surface area contributed by atoms with E-state index in [0.717, 1.165) is 5.92 Å². The first kappa shape index (κ1) is 9.65. The summed E-state index contributed by atoms with van der Waals surface area (Å²) in [4.78, 5) is 0. The normalized spacial score (nSPS) is 20.1. The van der Waals surface area contributed by atoms with Gasteiger partial charge in [0, 0.05) is 0 Å². The van der Waals surface area contributed by atoms with Crippen LogP contribution in [0.4, 0.5) is 0 Å². The van der Waals surface area contributed by atoms with Crippen molar-refractivity contribution in [2.45, 2.75) is 25.2 Å². The number of allylic oxidation sites excluding steroid dienone is 2. The molecular formula is C16H16. The molecule has 0 heterocycles. The summed E-state index contributed by atoms with van der Waals surface area (Å²) in [6, 6.07) is 15.4. The second-order valence-electron chi connectivity index (χ2n) is 4.55. The zero-order valence-corrected chi connectivity index (χ0v) is 9.39. The van der Waals surface area contributed by atoms with Gasteiger partial charge in [-0.15, -0.1) is 0 Å². The Morgan fingerprint density at radius 1 is 0.875 bits per heavy atom. The van der Waals surface area contributed by atoms with Gasteiger partial charge in [-0.1, -0.05) is 54.6 Å². The van der Waals surface area contributed by atoms with Gasteiger partial charge in [0.1, 0.15) is 0 Å². The van der Waals surface area contributed by atoms with Gasteiger partial charge in [0.05, 0.1) is 0 Å². The Morgan fingerprint density at radius 2 is 1.75 bits per heavy atom. The maximum absolute atomic E-state index is 2.33. The Hall–Kier alpha value is -1.56. The minimum Gasteiger partial charge on any atom is -0.0885 e. The van der Waals surface area contributed by atoms with Crippen molar-refractivity contribution in [3.05, 3.63) is 60.2 Å². The molecule has 1 atom stereocenters. The van der Waals surface area contributed by atoms with E-state index in [2.05, 4.69) is 54.6 Å². The molecule has 1 aliphatic rings. The highest BCUT2D eigenvalue weighted by molar-refractivity contribution is 5.86. The second kappa shape index (κ2) is 4.13. The number of rotatable bonds is 1. The topological polar surface area (TPSA) is 0 Å². The van der Waals surface area contributed by atoms with Gasteiger partial charge in [-0.2, -0.15) is 0 Å². The second-order valence-corrected chi connectivity index (χ2v) is 4.55. The van der Waals surface area contributed by atoms with Gasteiger partial charge >= 0.3 is 0 Å². The first-order valence-electron chi connectivity index (χ1n) is 6.08. The third-order valence-corrected chi connectivity index (χ3v) is 3.53. The SMILES string of the molecule is C1=CCC(c2cccc3ccccc23)CC1. The minimum atomic E-state index is 0.719. The third-order valence-electron chi connectivity index (χ3n) is 3.53. The molecule has 0 aliphatic heterocycles. The van der Waals surface area contributed by atoms with E-state index in [-0.39, 0.29) is 0 Å². The summed E-state index contributed by atoms with van der Waals surface area (Å²) in [5, 5.41) is 2.81. The van der Waals surface area contributed by atoms with E-state index in [9.17, 15) is 0 Å². The van der Waals surface area contributed by atoms with Crippen LogP contribution in [0.5, 0.6) is 0 Å². The lowest BCUT2D eigenvalue weighted by Gasteiger charge is -2.20. The summed E-state index contributed by atoms with van der Waals surface area (Å²) in [5.41, 5.74) is 1.53. The first-order chi connectivity index (χ1) is 7.95. The number of hydrogen-bond donors (Lipinski definition) is 0. The van der Waals surface area contributed by atoms with Gasteiger partial charge in [0.25, 0.3) is 0 Å². The lowest BCUT2D eigenvalue weighted by Crippen LogP contribution is -2.01. The molecule has 2 aromatic carbocycles. The quantitative estimate of drug-likeness (QED) is 0.598. The van der Waals surface area contributed by atoms with Crippen molar-refractivity contribution in [2.75, 3.05) is 0 Å². The van der Waals surface area contributed by atoms with E-state index in [1.807, 2.05) is 0 Å².